The first kappa shape index (κ1) is 21.6. The van der Waals surface area contributed by atoms with Crippen molar-refractivity contribution in [2.24, 2.45) is 0 Å². The molecule has 2 N–H and O–H groups in total. The highest BCUT2D eigenvalue weighted by Crippen LogP contribution is 2.44. The molecule has 0 unspecified atom stereocenters. The minimum absolute atomic E-state index is 0.0576. The number of hydrogen-bond donors (Lipinski definition) is 2. The van der Waals surface area contributed by atoms with Gasteiger partial charge in [-0.15, -0.1) is 0 Å². The van der Waals surface area contributed by atoms with Crippen LogP contribution in [0.5, 0.6) is 0 Å². The third kappa shape index (κ3) is 4.83. The molecule has 0 heterocycles. The van der Waals surface area contributed by atoms with Crippen molar-refractivity contribution >= 4 is 12.1 Å². The molecule has 5 heteroatoms. The van der Waals surface area contributed by atoms with Gasteiger partial charge in [-0.3, -0.25) is 0 Å². The zero-order valence-electron chi connectivity index (χ0n) is 18.1. The van der Waals surface area contributed by atoms with Crippen LogP contribution in [0.4, 0.5) is 4.79 Å². The minimum atomic E-state index is -1.05. The largest absolute Gasteiger partial charge is 0.480 e. The number of carboxylic acids is 1. The number of fused-ring (bicyclic) bond motifs is 3. The number of hydrogen-bond acceptors (Lipinski definition) is 3. The fraction of sp³-hybridized carbons (Fsp3) is 0.259. The molecule has 164 valence electrons. The summed E-state index contributed by atoms with van der Waals surface area (Å²) < 4.78 is 5.49. The lowest BCUT2D eigenvalue weighted by Crippen LogP contribution is -2.41. The Morgan fingerprint density at radius 3 is 2.25 bits per heavy atom. The van der Waals surface area contributed by atoms with E-state index in [1.54, 1.807) is 0 Å². The van der Waals surface area contributed by atoms with Gasteiger partial charge in [0.25, 0.3) is 0 Å². The number of nitrogens with one attached hydrogen (secondary N) is 1. The summed E-state index contributed by atoms with van der Waals surface area (Å²) >= 11 is 0. The first-order valence-electron chi connectivity index (χ1n) is 10.9. The summed E-state index contributed by atoms with van der Waals surface area (Å²) in [7, 11) is 0. The number of aliphatic carboxylic acids is 1. The number of amides is 1. The Bertz CT molecular complexity index is 1080. The van der Waals surface area contributed by atoms with Gasteiger partial charge >= 0.3 is 12.1 Å². The Morgan fingerprint density at radius 1 is 0.969 bits per heavy atom. The van der Waals surface area contributed by atoms with Crippen LogP contribution in [-0.4, -0.2) is 29.8 Å². The van der Waals surface area contributed by atoms with Crippen LogP contribution in [0.1, 0.15) is 41.0 Å². The fourth-order valence-corrected chi connectivity index (χ4v) is 4.42. The van der Waals surface area contributed by atoms with Crippen LogP contribution in [0.3, 0.4) is 0 Å². The molecule has 0 bridgehead atoms. The molecule has 1 aliphatic rings. The molecule has 0 saturated carbocycles. The van der Waals surface area contributed by atoms with Crippen molar-refractivity contribution in [1.82, 2.24) is 5.32 Å². The Balaban J connectivity index is 1.34. The number of carboxylic acid groups (broad SMARTS) is 1. The highest BCUT2D eigenvalue weighted by Gasteiger charge is 2.29. The molecule has 1 atom stereocenters. The van der Waals surface area contributed by atoms with Gasteiger partial charge in [0, 0.05) is 5.92 Å². The van der Waals surface area contributed by atoms with Crippen molar-refractivity contribution in [1.29, 1.82) is 0 Å². The standard InChI is InChI=1S/C27H27NO4/c1-18-8-6-9-19(16-18)10-7-15-25(26(29)30)28-27(31)32-17-24-22-13-4-2-11-20(22)21-12-3-5-14-23(21)24/h2-6,8-9,11-14,16,24-25H,7,10,15,17H2,1H3,(H,28,31)(H,29,30)/t25-/m0/s1. The van der Waals surface area contributed by atoms with Crippen molar-refractivity contribution in [3.63, 3.8) is 0 Å². The summed E-state index contributed by atoms with van der Waals surface area (Å²) in [5.74, 6) is -1.11. The SMILES string of the molecule is Cc1cccc(CCC[C@H](NC(=O)OCC2c3ccccc3-c3ccccc32)C(=O)O)c1. The predicted molar refractivity (Wildman–Crippen MR) is 124 cm³/mol. The average Bonchev–Trinajstić information content (AvgIpc) is 3.11. The fourth-order valence-electron chi connectivity index (χ4n) is 4.42. The number of alkyl carbamates (subject to hydrolysis) is 1. The molecule has 3 aromatic rings. The first-order chi connectivity index (χ1) is 15.5. The smallest absolute Gasteiger partial charge is 0.407 e. The Morgan fingerprint density at radius 2 is 1.62 bits per heavy atom. The monoisotopic (exact) mass is 429 g/mol. The van der Waals surface area contributed by atoms with Crippen molar-refractivity contribution in [2.75, 3.05) is 6.61 Å². The summed E-state index contributed by atoms with van der Waals surface area (Å²) in [6.07, 6.45) is 1.06. The second-order valence-electron chi connectivity index (χ2n) is 8.24. The lowest BCUT2D eigenvalue weighted by Gasteiger charge is -2.17. The summed E-state index contributed by atoms with van der Waals surface area (Å²) in [4.78, 5) is 24.1. The van der Waals surface area contributed by atoms with E-state index < -0.39 is 18.1 Å². The average molecular weight is 430 g/mol. The van der Waals surface area contributed by atoms with E-state index in [0.717, 1.165) is 34.2 Å². The number of ether oxygens (including phenoxy) is 1. The van der Waals surface area contributed by atoms with E-state index >= 15 is 0 Å². The van der Waals surface area contributed by atoms with Crippen LogP contribution in [0.15, 0.2) is 72.8 Å². The van der Waals surface area contributed by atoms with E-state index in [2.05, 4.69) is 23.5 Å². The quantitative estimate of drug-likeness (QED) is 0.509. The zero-order valence-corrected chi connectivity index (χ0v) is 18.1. The van der Waals surface area contributed by atoms with Gasteiger partial charge in [0.05, 0.1) is 0 Å². The number of rotatable bonds is 8. The number of benzene rings is 3. The predicted octanol–water partition coefficient (Wildman–Crippen LogP) is 5.31. The normalized spacial score (nSPS) is 13.2. The molecule has 32 heavy (non-hydrogen) atoms. The third-order valence-electron chi connectivity index (χ3n) is 5.97. The Labute approximate surface area is 188 Å². The lowest BCUT2D eigenvalue weighted by atomic mass is 9.98. The van der Waals surface area contributed by atoms with Gasteiger partial charge in [0.2, 0.25) is 0 Å². The molecule has 0 aliphatic heterocycles. The third-order valence-corrected chi connectivity index (χ3v) is 5.97. The molecule has 4 rings (SSSR count). The maximum atomic E-state index is 12.4. The summed E-state index contributed by atoms with van der Waals surface area (Å²) in [5.41, 5.74) is 6.88. The van der Waals surface area contributed by atoms with Crippen LogP contribution in [-0.2, 0) is 16.0 Å². The van der Waals surface area contributed by atoms with Gasteiger partial charge in [-0.05, 0) is 54.0 Å². The van der Waals surface area contributed by atoms with Gasteiger partial charge in [0.1, 0.15) is 12.6 Å². The van der Waals surface area contributed by atoms with Crippen molar-refractivity contribution in [2.45, 2.75) is 38.1 Å². The molecule has 1 amide bonds. The summed E-state index contributed by atoms with van der Waals surface area (Å²) in [5, 5.41) is 12.1. The number of carbonyl (C=O) groups is 2. The van der Waals surface area contributed by atoms with Gasteiger partial charge in [-0.1, -0.05) is 78.4 Å². The molecule has 0 radical (unpaired) electrons. The molecule has 0 fully saturated rings. The van der Waals surface area contributed by atoms with Gasteiger partial charge in [-0.25, -0.2) is 9.59 Å². The molecular formula is C27H27NO4. The molecular weight excluding hydrogens is 402 g/mol. The molecule has 5 nitrogen and oxygen atoms in total. The van der Waals surface area contributed by atoms with Crippen molar-refractivity contribution in [3.8, 4) is 11.1 Å². The van der Waals surface area contributed by atoms with E-state index in [1.165, 1.54) is 5.56 Å². The van der Waals surface area contributed by atoms with Crippen LogP contribution >= 0.6 is 0 Å². The van der Waals surface area contributed by atoms with Crippen LogP contribution in [0.2, 0.25) is 0 Å². The summed E-state index contributed by atoms with van der Waals surface area (Å²) in [6, 6.07) is 23.4. The Kier molecular flexibility index (Phi) is 6.55. The van der Waals surface area contributed by atoms with E-state index in [9.17, 15) is 14.7 Å². The van der Waals surface area contributed by atoms with Crippen LogP contribution in [0.25, 0.3) is 11.1 Å². The molecule has 0 saturated heterocycles. The van der Waals surface area contributed by atoms with Gasteiger partial charge in [0.15, 0.2) is 0 Å². The van der Waals surface area contributed by atoms with E-state index in [1.807, 2.05) is 61.5 Å². The summed E-state index contributed by atoms with van der Waals surface area (Å²) in [6.45, 7) is 2.19. The first-order valence-corrected chi connectivity index (χ1v) is 10.9. The maximum absolute atomic E-state index is 12.4. The van der Waals surface area contributed by atoms with E-state index in [-0.39, 0.29) is 12.5 Å². The molecule has 1 aliphatic carbocycles. The zero-order chi connectivity index (χ0) is 22.5. The van der Waals surface area contributed by atoms with Crippen LogP contribution in [0, 0.1) is 6.92 Å². The molecule has 0 aromatic heterocycles. The van der Waals surface area contributed by atoms with Gasteiger partial charge < -0.3 is 15.2 Å². The number of carbonyl (C=O) groups excluding carboxylic acids is 1. The van der Waals surface area contributed by atoms with Crippen molar-refractivity contribution in [3.05, 3.63) is 95.1 Å². The van der Waals surface area contributed by atoms with E-state index in [4.69, 9.17) is 4.74 Å². The van der Waals surface area contributed by atoms with E-state index in [0.29, 0.717) is 12.8 Å². The Hall–Kier alpha value is -3.60. The number of aryl methyl sites for hydroxylation is 2. The second kappa shape index (κ2) is 9.69. The van der Waals surface area contributed by atoms with Gasteiger partial charge in [-0.2, -0.15) is 0 Å². The van der Waals surface area contributed by atoms with Crippen LogP contribution < -0.4 is 5.32 Å². The molecule has 0 spiro atoms. The van der Waals surface area contributed by atoms with Crippen molar-refractivity contribution < 1.29 is 19.4 Å². The maximum Gasteiger partial charge on any atom is 0.407 e. The second-order valence-corrected chi connectivity index (χ2v) is 8.24. The highest BCUT2D eigenvalue weighted by molar-refractivity contribution is 5.81. The highest BCUT2D eigenvalue weighted by atomic mass is 16.5. The minimum Gasteiger partial charge on any atom is -0.480 e. The lowest BCUT2D eigenvalue weighted by molar-refractivity contribution is -0.139. The topological polar surface area (TPSA) is 75.6 Å². The molecule has 3 aromatic carbocycles.